The Morgan fingerprint density at radius 2 is 2.07 bits per heavy atom. The summed E-state index contributed by atoms with van der Waals surface area (Å²) in [5.74, 6) is 0.435. The third-order valence-electron chi connectivity index (χ3n) is 3.96. The van der Waals surface area contributed by atoms with Gasteiger partial charge in [0, 0.05) is 18.4 Å². The van der Waals surface area contributed by atoms with Crippen molar-refractivity contribution in [3.05, 3.63) is 48.2 Å². The molecule has 2 aromatic heterocycles. The lowest BCUT2D eigenvalue weighted by atomic mass is 10.1. The van der Waals surface area contributed by atoms with Crippen molar-refractivity contribution in [3.63, 3.8) is 0 Å². The van der Waals surface area contributed by atoms with Crippen molar-refractivity contribution in [2.24, 2.45) is 4.99 Å². The molecule has 0 unspecified atom stereocenters. The number of ether oxygens (including phenoxy) is 2. The van der Waals surface area contributed by atoms with Gasteiger partial charge in [0.05, 0.1) is 18.4 Å². The monoisotopic (exact) mass is 425 g/mol. The number of nitriles is 1. The molecule has 30 heavy (non-hydrogen) atoms. The molecular weight excluding hydrogens is 406 g/mol. The van der Waals surface area contributed by atoms with Crippen LogP contribution in [0.2, 0.25) is 0 Å². The highest BCUT2D eigenvalue weighted by atomic mass is 32.2. The van der Waals surface area contributed by atoms with Crippen LogP contribution in [-0.2, 0) is 11.3 Å². The highest BCUT2D eigenvalue weighted by molar-refractivity contribution is 7.99. The van der Waals surface area contributed by atoms with Crippen LogP contribution in [0.25, 0.3) is 11.3 Å². The number of rotatable bonds is 9. The Balaban J connectivity index is 1.71. The number of methoxy groups -OCH3 is 2. The number of nitrogens with zero attached hydrogens (tertiary/aromatic N) is 5. The lowest BCUT2D eigenvalue weighted by molar-refractivity contribution is -0.763. The molecule has 0 radical (unpaired) electrons. The molecule has 154 valence electrons. The fraction of sp³-hybridized carbons (Fsp3) is 0.250. The molecule has 0 aliphatic rings. The molecule has 1 aromatic carbocycles. The summed E-state index contributed by atoms with van der Waals surface area (Å²) < 4.78 is 16.6. The molecule has 9 nitrogen and oxygen atoms in total. The zero-order valence-corrected chi connectivity index (χ0v) is 17.3. The van der Waals surface area contributed by atoms with Crippen molar-refractivity contribution >= 4 is 23.5 Å². The Kier molecular flexibility index (Phi) is 7.37. The Hall–Kier alpha value is -3.42. The van der Waals surface area contributed by atoms with Gasteiger partial charge in [0.2, 0.25) is 11.8 Å². The summed E-state index contributed by atoms with van der Waals surface area (Å²) in [6.45, 7) is 0.958. The van der Waals surface area contributed by atoms with E-state index in [1.165, 1.54) is 10.9 Å². The summed E-state index contributed by atoms with van der Waals surface area (Å²) in [5, 5.41) is 25.8. The number of benzene rings is 1. The van der Waals surface area contributed by atoms with Gasteiger partial charge in [-0.3, -0.25) is 4.52 Å². The van der Waals surface area contributed by atoms with E-state index in [1.807, 2.05) is 24.3 Å². The van der Waals surface area contributed by atoms with E-state index in [4.69, 9.17) is 14.0 Å². The molecule has 3 rings (SSSR count). The summed E-state index contributed by atoms with van der Waals surface area (Å²) in [6, 6.07) is 13.0. The maximum absolute atomic E-state index is 12.2. The van der Waals surface area contributed by atoms with Crippen LogP contribution in [0.4, 0.5) is 5.88 Å². The number of thioether (sulfide) groups is 1. The third-order valence-corrected chi connectivity index (χ3v) is 4.93. The highest BCUT2D eigenvalue weighted by Crippen LogP contribution is 2.26. The standard InChI is InChI=1S/C20H19N5O4S/c1-27-10-9-25-12-19(29-24-25)23-18(26)13-30-20-15(11-21)5-8-17(22-20)14-3-6-16(28-2)7-4-14/h3-8,12H,9-10,13H2,1-2H3. The summed E-state index contributed by atoms with van der Waals surface area (Å²) in [6.07, 6.45) is 1.52. The third kappa shape index (κ3) is 5.56. The minimum absolute atomic E-state index is 0.00647. The lowest BCUT2D eigenvalue weighted by Crippen LogP contribution is -2.36. The van der Waals surface area contributed by atoms with Crippen LogP contribution >= 0.6 is 11.8 Å². The smallest absolute Gasteiger partial charge is 0.320 e. The second-order valence-corrected chi connectivity index (χ2v) is 6.94. The SMILES string of the molecule is COCC[n+]1cc(/N=C(\[O-])CSc2nc(-c3ccc(OC)cc3)ccc2C#N)on1. The normalized spacial score (nSPS) is 11.3. The van der Waals surface area contributed by atoms with Gasteiger partial charge in [-0.2, -0.15) is 5.26 Å². The molecule has 0 saturated heterocycles. The van der Waals surface area contributed by atoms with Crippen molar-refractivity contribution < 1.29 is 23.8 Å². The molecular formula is C20H19N5O4S. The molecule has 0 amide bonds. The molecule has 10 heteroatoms. The van der Waals surface area contributed by atoms with Gasteiger partial charge in [0.15, 0.2) is 0 Å². The first-order valence-electron chi connectivity index (χ1n) is 8.91. The van der Waals surface area contributed by atoms with Crippen LogP contribution < -0.4 is 14.5 Å². The van der Waals surface area contributed by atoms with E-state index >= 15 is 0 Å². The second-order valence-electron chi connectivity index (χ2n) is 5.98. The van der Waals surface area contributed by atoms with Gasteiger partial charge in [-0.25, -0.2) is 9.98 Å². The zero-order chi connectivity index (χ0) is 21.3. The van der Waals surface area contributed by atoms with Crippen molar-refractivity contribution in [2.75, 3.05) is 26.6 Å². The van der Waals surface area contributed by atoms with Gasteiger partial charge in [0.25, 0.3) is 6.20 Å². The summed E-state index contributed by atoms with van der Waals surface area (Å²) in [4.78, 5) is 8.42. The maximum atomic E-state index is 12.2. The van der Waals surface area contributed by atoms with Crippen LogP contribution in [0.15, 0.2) is 57.1 Å². The van der Waals surface area contributed by atoms with E-state index in [0.717, 1.165) is 23.1 Å². The second kappa shape index (κ2) is 10.4. The van der Waals surface area contributed by atoms with Gasteiger partial charge in [-0.15, -0.1) is 0 Å². The Morgan fingerprint density at radius 3 is 2.77 bits per heavy atom. The van der Waals surface area contributed by atoms with Crippen molar-refractivity contribution in [3.8, 4) is 23.1 Å². The Bertz CT molecular complexity index is 1060. The molecule has 2 heterocycles. The predicted octanol–water partition coefficient (Wildman–Crippen LogP) is 1.73. The van der Waals surface area contributed by atoms with Crippen LogP contribution in [0.1, 0.15) is 5.56 Å². The average molecular weight is 425 g/mol. The van der Waals surface area contributed by atoms with Gasteiger partial charge >= 0.3 is 5.88 Å². The largest absolute Gasteiger partial charge is 0.861 e. The number of aliphatic imine (C=N–C) groups is 1. The first kappa shape index (κ1) is 21.3. The van der Waals surface area contributed by atoms with E-state index in [1.54, 1.807) is 26.4 Å². The first-order chi connectivity index (χ1) is 14.6. The van der Waals surface area contributed by atoms with E-state index in [-0.39, 0.29) is 11.6 Å². The fourth-order valence-corrected chi connectivity index (χ4v) is 3.21. The number of aromatic nitrogens is 3. The molecule has 0 fully saturated rings. The maximum Gasteiger partial charge on any atom is 0.320 e. The predicted molar refractivity (Wildman–Crippen MR) is 107 cm³/mol. The van der Waals surface area contributed by atoms with Crippen molar-refractivity contribution in [2.45, 2.75) is 11.6 Å². The van der Waals surface area contributed by atoms with Gasteiger partial charge in [0.1, 0.15) is 23.5 Å². The molecule has 0 N–H and O–H groups in total. The molecule has 0 aliphatic heterocycles. The van der Waals surface area contributed by atoms with E-state index < -0.39 is 5.90 Å². The number of hydrogen-bond acceptors (Lipinski definition) is 9. The molecule has 0 bridgehead atoms. The fourth-order valence-electron chi connectivity index (χ4n) is 2.45. The van der Waals surface area contributed by atoms with Gasteiger partial charge < -0.3 is 14.6 Å². The first-order valence-corrected chi connectivity index (χ1v) is 9.90. The van der Waals surface area contributed by atoms with Crippen LogP contribution in [-0.4, -0.2) is 42.7 Å². The van der Waals surface area contributed by atoms with Crippen LogP contribution in [0.5, 0.6) is 5.75 Å². The summed E-state index contributed by atoms with van der Waals surface area (Å²) >= 11 is 1.15. The van der Waals surface area contributed by atoms with Crippen molar-refractivity contribution in [1.82, 2.24) is 10.3 Å². The minimum atomic E-state index is -0.421. The molecule has 0 aliphatic carbocycles. The van der Waals surface area contributed by atoms with Gasteiger partial charge in [-0.1, -0.05) is 11.8 Å². The van der Waals surface area contributed by atoms with Gasteiger partial charge in [-0.05, 0) is 47.0 Å². The molecule has 0 spiro atoms. The van der Waals surface area contributed by atoms with Crippen LogP contribution in [0.3, 0.4) is 0 Å². The number of pyridine rings is 1. The van der Waals surface area contributed by atoms with Crippen molar-refractivity contribution in [1.29, 1.82) is 5.26 Å². The molecule has 0 saturated carbocycles. The van der Waals surface area contributed by atoms with Crippen LogP contribution in [0, 0.1) is 11.3 Å². The highest BCUT2D eigenvalue weighted by Gasteiger charge is 2.11. The molecule has 0 atom stereocenters. The number of hydrogen-bond donors (Lipinski definition) is 0. The van der Waals surface area contributed by atoms with E-state index in [0.29, 0.717) is 29.4 Å². The molecule has 3 aromatic rings. The van der Waals surface area contributed by atoms with E-state index in [2.05, 4.69) is 21.3 Å². The van der Waals surface area contributed by atoms with E-state index in [9.17, 15) is 10.4 Å². The Labute approximate surface area is 177 Å². The Morgan fingerprint density at radius 1 is 1.27 bits per heavy atom. The average Bonchev–Trinajstić information content (AvgIpc) is 3.23. The minimum Gasteiger partial charge on any atom is -0.861 e. The zero-order valence-electron chi connectivity index (χ0n) is 16.4. The lowest BCUT2D eigenvalue weighted by Gasteiger charge is -2.10. The summed E-state index contributed by atoms with van der Waals surface area (Å²) in [5.41, 5.74) is 1.96. The summed E-state index contributed by atoms with van der Waals surface area (Å²) in [7, 11) is 3.18. The quantitative estimate of drug-likeness (QED) is 0.220. The topological polar surface area (TPSA) is 120 Å².